The van der Waals surface area contributed by atoms with Gasteiger partial charge in [0.1, 0.15) is 11.6 Å². The van der Waals surface area contributed by atoms with Gasteiger partial charge in [0.2, 0.25) is 0 Å². The van der Waals surface area contributed by atoms with Crippen LogP contribution in [0.3, 0.4) is 0 Å². The van der Waals surface area contributed by atoms with Gasteiger partial charge in [-0.05, 0) is 43.7 Å². The summed E-state index contributed by atoms with van der Waals surface area (Å²) in [5.74, 6) is -0.724. The van der Waals surface area contributed by atoms with Gasteiger partial charge in [0.15, 0.2) is 6.10 Å². The third-order valence-corrected chi connectivity index (χ3v) is 3.31. The third kappa shape index (κ3) is 6.63. The zero-order chi connectivity index (χ0) is 18.1. The highest BCUT2D eigenvalue weighted by molar-refractivity contribution is 5.95. The van der Waals surface area contributed by atoms with E-state index < -0.39 is 23.8 Å². The van der Waals surface area contributed by atoms with Crippen LogP contribution in [0, 0.1) is 5.82 Å². The van der Waals surface area contributed by atoms with E-state index in [9.17, 15) is 14.0 Å². The molecule has 0 aliphatic heterocycles. The van der Waals surface area contributed by atoms with Crippen LogP contribution in [0.5, 0.6) is 5.75 Å². The average Bonchev–Trinajstić information content (AvgIpc) is 2.59. The minimum absolute atomic E-state index is 0.143. The van der Waals surface area contributed by atoms with Crippen molar-refractivity contribution in [1.82, 2.24) is 0 Å². The fourth-order valence-corrected chi connectivity index (χ4v) is 2.04. The molecule has 0 saturated heterocycles. The van der Waals surface area contributed by atoms with Crippen LogP contribution in [-0.4, -0.2) is 24.6 Å². The summed E-state index contributed by atoms with van der Waals surface area (Å²) < 4.78 is 23.6. The van der Waals surface area contributed by atoms with E-state index in [0.29, 0.717) is 18.7 Å². The number of carbonyl (C=O) groups excluding carboxylic acids is 2. The first kappa shape index (κ1) is 18.4. The van der Waals surface area contributed by atoms with Crippen molar-refractivity contribution in [2.45, 2.75) is 25.9 Å². The lowest BCUT2D eigenvalue weighted by molar-refractivity contribution is -0.153. The number of halogens is 1. The monoisotopic (exact) mass is 345 g/mol. The molecule has 0 spiro atoms. The van der Waals surface area contributed by atoms with Crippen molar-refractivity contribution in [2.24, 2.45) is 0 Å². The second-order valence-corrected chi connectivity index (χ2v) is 5.40. The summed E-state index contributed by atoms with van der Waals surface area (Å²) in [6.45, 7) is 1.84. The molecule has 0 aliphatic rings. The average molecular weight is 345 g/mol. The maximum absolute atomic E-state index is 13.1. The first-order valence-electron chi connectivity index (χ1n) is 7.98. The topological polar surface area (TPSA) is 64.6 Å². The number of benzene rings is 2. The van der Waals surface area contributed by atoms with Gasteiger partial charge in [-0.3, -0.25) is 9.59 Å². The molecule has 6 heteroatoms. The van der Waals surface area contributed by atoms with Crippen LogP contribution in [-0.2, 0) is 14.3 Å². The number of rotatable bonds is 8. The van der Waals surface area contributed by atoms with Gasteiger partial charge in [0.25, 0.3) is 5.91 Å². The zero-order valence-electron chi connectivity index (χ0n) is 13.9. The summed E-state index contributed by atoms with van der Waals surface area (Å²) in [5, 5.41) is 2.50. The number of para-hydroxylation sites is 1. The van der Waals surface area contributed by atoms with Crippen molar-refractivity contribution >= 4 is 17.6 Å². The van der Waals surface area contributed by atoms with Gasteiger partial charge in [-0.25, -0.2) is 4.39 Å². The SMILES string of the molecule is C[C@@H](OC(=O)CCCOc1ccccc1)C(=O)Nc1cccc(F)c1. The Labute approximate surface area is 145 Å². The molecule has 25 heavy (non-hydrogen) atoms. The molecule has 2 rings (SSSR count). The maximum atomic E-state index is 13.1. The molecule has 1 N–H and O–H groups in total. The predicted molar refractivity (Wildman–Crippen MR) is 91.8 cm³/mol. The predicted octanol–water partition coefficient (Wildman–Crippen LogP) is 3.56. The first-order chi connectivity index (χ1) is 12.0. The van der Waals surface area contributed by atoms with Crippen LogP contribution in [0.25, 0.3) is 0 Å². The Hall–Kier alpha value is -2.89. The lowest BCUT2D eigenvalue weighted by Crippen LogP contribution is -2.30. The minimum Gasteiger partial charge on any atom is -0.494 e. The van der Waals surface area contributed by atoms with Gasteiger partial charge in [-0.2, -0.15) is 0 Å². The minimum atomic E-state index is -0.967. The molecule has 0 radical (unpaired) electrons. The van der Waals surface area contributed by atoms with E-state index >= 15 is 0 Å². The largest absolute Gasteiger partial charge is 0.494 e. The quantitative estimate of drug-likeness (QED) is 0.587. The molecule has 1 amide bonds. The molecule has 0 heterocycles. The Morgan fingerprint density at radius 3 is 2.60 bits per heavy atom. The highest BCUT2D eigenvalue weighted by Gasteiger charge is 2.17. The second-order valence-electron chi connectivity index (χ2n) is 5.40. The number of hydrogen-bond acceptors (Lipinski definition) is 4. The molecule has 2 aromatic carbocycles. The van der Waals surface area contributed by atoms with Gasteiger partial charge in [0.05, 0.1) is 6.61 Å². The van der Waals surface area contributed by atoms with Crippen LogP contribution >= 0.6 is 0 Å². The summed E-state index contributed by atoms with van der Waals surface area (Å²) in [4.78, 5) is 23.7. The Morgan fingerprint density at radius 2 is 1.88 bits per heavy atom. The van der Waals surface area contributed by atoms with Crippen LogP contribution in [0.1, 0.15) is 19.8 Å². The molecule has 0 fully saturated rings. The smallest absolute Gasteiger partial charge is 0.306 e. The van der Waals surface area contributed by atoms with Crippen molar-refractivity contribution < 1.29 is 23.5 Å². The number of nitrogens with one attached hydrogen (secondary N) is 1. The van der Waals surface area contributed by atoms with E-state index in [4.69, 9.17) is 9.47 Å². The number of carbonyl (C=O) groups is 2. The molecular formula is C19H20FNO4. The molecule has 5 nitrogen and oxygen atoms in total. The Morgan fingerprint density at radius 1 is 1.12 bits per heavy atom. The summed E-state index contributed by atoms with van der Waals surface area (Å²) in [5.41, 5.74) is 0.309. The molecule has 132 valence electrons. The number of ether oxygens (including phenoxy) is 2. The van der Waals surface area contributed by atoms with Gasteiger partial charge < -0.3 is 14.8 Å². The van der Waals surface area contributed by atoms with E-state index in [0.717, 1.165) is 5.75 Å². The summed E-state index contributed by atoms with van der Waals surface area (Å²) in [6, 6.07) is 14.8. The summed E-state index contributed by atoms with van der Waals surface area (Å²) in [6.07, 6.45) is -0.345. The molecular weight excluding hydrogens is 325 g/mol. The highest BCUT2D eigenvalue weighted by Crippen LogP contribution is 2.11. The van der Waals surface area contributed by atoms with Crippen molar-refractivity contribution in [2.75, 3.05) is 11.9 Å². The normalized spacial score (nSPS) is 11.4. The third-order valence-electron chi connectivity index (χ3n) is 3.31. The number of esters is 1. The summed E-state index contributed by atoms with van der Waals surface area (Å²) >= 11 is 0. The van der Waals surface area contributed by atoms with Crippen molar-refractivity contribution in [1.29, 1.82) is 0 Å². The maximum Gasteiger partial charge on any atom is 0.306 e. The van der Waals surface area contributed by atoms with E-state index in [1.54, 1.807) is 6.07 Å². The number of anilines is 1. The van der Waals surface area contributed by atoms with E-state index in [1.165, 1.54) is 25.1 Å². The zero-order valence-corrected chi connectivity index (χ0v) is 13.9. The van der Waals surface area contributed by atoms with Crippen molar-refractivity contribution in [3.63, 3.8) is 0 Å². The molecule has 0 aliphatic carbocycles. The standard InChI is InChI=1S/C19H20FNO4/c1-14(19(23)21-16-8-5-7-15(20)13-16)25-18(22)11-6-12-24-17-9-3-2-4-10-17/h2-5,7-10,13-14H,6,11-12H2,1H3,(H,21,23)/t14-/m1/s1. The fraction of sp³-hybridized carbons (Fsp3) is 0.263. The highest BCUT2D eigenvalue weighted by atomic mass is 19.1. The van der Waals surface area contributed by atoms with E-state index in [-0.39, 0.29) is 6.42 Å². The lowest BCUT2D eigenvalue weighted by atomic mass is 10.3. The van der Waals surface area contributed by atoms with Crippen LogP contribution in [0.4, 0.5) is 10.1 Å². The number of hydrogen-bond donors (Lipinski definition) is 1. The second kappa shape index (κ2) is 9.42. The van der Waals surface area contributed by atoms with Gasteiger partial charge in [-0.15, -0.1) is 0 Å². The number of amides is 1. The van der Waals surface area contributed by atoms with Crippen LogP contribution < -0.4 is 10.1 Å². The summed E-state index contributed by atoms with van der Waals surface area (Å²) in [7, 11) is 0. The van der Waals surface area contributed by atoms with E-state index in [1.807, 2.05) is 30.3 Å². The molecule has 1 atom stereocenters. The Kier molecular flexibility index (Phi) is 6.95. The first-order valence-corrected chi connectivity index (χ1v) is 7.98. The molecule has 0 bridgehead atoms. The fourth-order valence-electron chi connectivity index (χ4n) is 2.04. The Balaban J connectivity index is 1.67. The van der Waals surface area contributed by atoms with Crippen LogP contribution in [0.2, 0.25) is 0 Å². The lowest BCUT2D eigenvalue weighted by Gasteiger charge is -2.13. The molecule has 0 unspecified atom stereocenters. The van der Waals surface area contributed by atoms with Gasteiger partial charge in [-0.1, -0.05) is 24.3 Å². The van der Waals surface area contributed by atoms with Gasteiger partial charge >= 0.3 is 5.97 Å². The molecule has 0 saturated carbocycles. The molecule has 0 aromatic heterocycles. The van der Waals surface area contributed by atoms with Crippen molar-refractivity contribution in [3.8, 4) is 5.75 Å². The Bertz CT molecular complexity index is 706. The molecule has 2 aromatic rings. The van der Waals surface area contributed by atoms with Crippen LogP contribution in [0.15, 0.2) is 54.6 Å². The van der Waals surface area contributed by atoms with E-state index in [2.05, 4.69) is 5.32 Å². The van der Waals surface area contributed by atoms with Crippen molar-refractivity contribution in [3.05, 3.63) is 60.4 Å². The van der Waals surface area contributed by atoms with Gasteiger partial charge in [0, 0.05) is 12.1 Å².